The molecule has 0 unspecified atom stereocenters. The molecule has 0 fully saturated rings. The van der Waals surface area contributed by atoms with Gasteiger partial charge in [-0.3, -0.25) is 0 Å². The number of H-pyrrole nitrogens is 1. The predicted octanol–water partition coefficient (Wildman–Crippen LogP) is 1.32. The molecule has 0 radical (unpaired) electrons. The van der Waals surface area contributed by atoms with E-state index in [0.29, 0.717) is 0 Å². The zero-order valence-corrected chi connectivity index (χ0v) is 8.15. The fourth-order valence-electron chi connectivity index (χ4n) is 1.06. The van der Waals surface area contributed by atoms with Gasteiger partial charge in [0.2, 0.25) is 0 Å². The van der Waals surface area contributed by atoms with E-state index in [-0.39, 0.29) is 5.69 Å². The molecule has 0 amide bonds. The Morgan fingerprint density at radius 1 is 1.46 bits per heavy atom. The second-order valence-electron chi connectivity index (χ2n) is 2.51. The lowest BCUT2D eigenvalue weighted by Crippen LogP contribution is -2.13. The summed E-state index contributed by atoms with van der Waals surface area (Å²) in [7, 11) is 0. The predicted molar refractivity (Wildman–Crippen MR) is 51.9 cm³/mol. The first-order valence-electron chi connectivity index (χ1n) is 3.65. The van der Waals surface area contributed by atoms with Crippen molar-refractivity contribution in [3.8, 4) is 5.69 Å². The molecule has 0 aliphatic heterocycles. The number of hydrogen-bond donors (Lipinski definition) is 1. The number of aromatic nitrogens is 3. The largest absolute Gasteiger partial charge is 0.347 e. The SMILES string of the molecule is O=c1[nH]ncn1-c1cccc(Br)c1. The molecule has 1 aromatic heterocycles. The molecule has 0 saturated heterocycles. The third kappa shape index (κ3) is 1.55. The molecule has 0 spiro atoms. The number of nitrogens with zero attached hydrogens (tertiary/aromatic N) is 2. The Bertz CT molecular complexity index is 474. The van der Waals surface area contributed by atoms with Gasteiger partial charge in [0.15, 0.2) is 0 Å². The van der Waals surface area contributed by atoms with Crippen LogP contribution in [0.3, 0.4) is 0 Å². The molecule has 2 rings (SSSR count). The monoisotopic (exact) mass is 239 g/mol. The Morgan fingerprint density at radius 3 is 2.92 bits per heavy atom. The van der Waals surface area contributed by atoms with Crippen molar-refractivity contribution >= 4 is 15.9 Å². The van der Waals surface area contributed by atoms with Crippen LogP contribution in [-0.4, -0.2) is 14.8 Å². The molecule has 1 heterocycles. The first-order valence-corrected chi connectivity index (χ1v) is 4.44. The Labute approximate surface area is 82.3 Å². The highest BCUT2D eigenvalue weighted by atomic mass is 79.9. The third-order valence-electron chi connectivity index (χ3n) is 1.64. The average Bonchev–Trinajstić information content (AvgIpc) is 2.51. The highest BCUT2D eigenvalue weighted by molar-refractivity contribution is 9.10. The van der Waals surface area contributed by atoms with E-state index in [9.17, 15) is 4.79 Å². The summed E-state index contributed by atoms with van der Waals surface area (Å²) in [6.45, 7) is 0. The number of rotatable bonds is 1. The summed E-state index contributed by atoms with van der Waals surface area (Å²) < 4.78 is 2.36. The first kappa shape index (κ1) is 8.25. The van der Waals surface area contributed by atoms with Crippen LogP contribution in [0, 0.1) is 0 Å². The Hall–Kier alpha value is -1.36. The molecule has 0 saturated carbocycles. The van der Waals surface area contributed by atoms with Crippen LogP contribution in [0.5, 0.6) is 0 Å². The van der Waals surface area contributed by atoms with Crippen molar-refractivity contribution in [2.75, 3.05) is 0 Å². The van der Waals surface area contributed by atoms with Gasteiger partial charge in [-0.25, -0.2) is 14.5 Å². The minimum absolute atomic E-state index is 0.238. The normalized spacial score (nSPS) is 10.2. The lowest BCUT2D eigenvalue weighted by Gasteiger charge is -1.98. The van der Waals surface area contributed by atoms with Gasteiger partial charge in [-0.2, -0.15) is 5.10 Å². The van der Waals surface area contributed by atoms with E-state index in [1.807, 2.05) is 24.3 Å². The summed E-state index contributed by atoms with van der Waals surface area (Å²) in [5, 5.41) is 5.97. The number of nitrogens with one attached hydrogen (secondary N) is 1. The van der Waals surface area contributed by atoms with Gasteiger partial charge in [0.05, 0.1) is 5.69 Å². The molecule has 1 N–H and O–H groups in total. The van der Waals surface area contributed by atoms with Crippen molar-refractivity contribution in [3.63, 3.8) is 0 Å². The summed E-state index contributed by atoms with van der Waals surface area (Å²) in [4.78, 5) is 11.2. The Kier molecular flexibility index (Phi) is 2.02. The Morgan fingerprint density at radius 2 is 2.31 bits per heavy atom. The minimum Gasteiger partial charge on any atom is -0.250 e. The average molecular weight is 240 g/mol. The third-order valence-corrected chi connectivity index (χ3v) is 2.13. The van der Waals surface area contributed by atoms with E-state index in [2.05, 4.69) is 26.1 Å². The second kappa shape index (κ2) is 3.18. The van der Waals surface area contributed by atoms with Gasteiger partial charge in [-0.05, 0) is 18.2 Å². The molecule has 0 aliphatic rings. The molecule has 66 valence electrons. The summed E-state index contributed by atoms with van der Waals surface area (Å²) >= 11 is 3.33. The van der Waals surface area contributed by atoms with Crippen LogP contribution in [0.1, 0.15) is 0 Å². The maximum absolute atomic E-state index is 11.2. The molecule has 4 nitrogen and oxygen atoms in total. The van der Waals surface area contributed by atoms with E-state index < -0.39 is 0 Å². The molecule has 2 aromatic rings. The van der Waals surface area contributed by atoms with Crippen LogP contribution in [0.2, 0.25) is 0 Å². The minimum atomic E-state index is -0.238. The van der Waals surface area contributed by atoms with Gasteiger partial charge < -0.3 is 0 Å². The van der Waals surface area contributed by atoms with Crippen molar-refractivity contribution in [2.24, 2.45) is 0 Å². The molecule has 0 atom stereocenters. The lowest BCUT2D eigenvalue weighted by molar-refractivity contribution is 0.982. The molecule has 13 heavy (non-hydrogen) atoms. The van der Waals surface area contributed by atoms with Crippen LogP contribution in [0.15, 0.2) is 39.9 Å². The molecule has 1 aromatic carbocycles. The van der Waals surface area contributed by atoms with Crippen molar-refractivity contribution in [3.05, 3.63) is 45.5 Å². The molecular weight excluding hydrogens is 234 g/mol. The topological polar surface area (TPSA) is 50.7 Å². The van der Waals surface area contributed by atoms with E-state index in [1.54, 1.807) is 0 Å². The summed E-state index contributed by atoms with van der Waals surface area (Å²) in [5.41, 5.74) is 0.547. The van der Waals surface area contributed by atoms with Gasteiger partial charge in [0.25, 0.3) is 0 Å². The van der Waals surface area contributed by atoms with Crippen LogP contribution in [-0.2, 0) is 0 Å². The first-order chi connectivity index (χ1) is 6.27. The fourth-order valence-corrected chi connectivity index (χ4v) is 1.45. The highest BCUT2D eigenvalue weighted by Gasteiger charge is 1.99. The number of halogens is 1. The Balaban J connectivity index is 2.59. The highest BCUT2D eigenvalue weighted by Crippen LogP contribution is 2.13. The van der Waals surface area contributed by atoms with Gasteiger partial charge in [0, 0.05) is 4.47 Å². The van der Waals surface area contributed by atoms with Crippen molar-refractivity contribution in [1.82, 2.24) is 14.8 Å². The number of hydrogen-bond acceptors (Lipinski definition) is 2. The van der Waals surface area contributed by atoms with E-state index >= 15 is 0 Å². The smallest absolute Gasteiger partial charge is 0.250 e. The van der Waals surface area contributed by atoms with Crippen LogP contribution >= 0.6 is 15.9 Å². The molecule has 0 aliphatic carbocycles. The number of aromatic amines is 1. The van der Waals surface area contributed by atoms with Gasteiger partial charge in [-0.15, -0.1) is 0 Å². The quantitative estimate of drug-likeness (QED) is 0.817. The van der Waals surface area contributed by atoms with E-state index in [1.165, 1.54) is 10.9 Å². The molecule has 5 heteroatoms. The summed E-state index contributed by atoms with van der Waals surface area (Å²) in [6.07, 6.45) is 1.45. The van der Waals surface area contributed by atoms with Gasteiger partial charge >= 0.3 is 5.69 Å². The maximum Gasteiger partial charge on any atom is 0.347 e. The maximum atomic E-state index is 11.2. The van der Waals surface area contributed by atoms with Crippen LogP contribution in [0.25, 0.3) is 5.69 Å². The van der Waals surface area contributed by atoms with E-state index in [0.717, 1.165) is 10.2 Å². The summed E-state index contributed by atoms with van der Waals surface area (Å²) in [5.74, 6) is 0. The van der Waals surface area contributed by atoms with Crippen LogP contribution in [0.4, 0.5) is 0 Å². The van der Waals surface area contributed by atoms with Crippen molar-refractivity contribution < 1.29 is 0 Å². The second-order valence-corrected chi connectivity index (χ2v) is 3.43. The van der Waals surface area contributed by atoms with Crippen LogP contribution < -0.4 is 5.69 Å². The fraction of sp³-hybridized carbons (Fsp3) is 0. The van der Waals surface area contributed by atoms with E-state index in [4.69, 9.17) is 0 Å². The van der Waals surface area contributed by atoms with Crippen molar-refractivity contribution in [1.29, 1.82) is 0 Å². The summed E-state index contributed by atoms with van der Waals surface area (Å²) in [6, 6.07) is 7.44. The lowest BCUT2D eigenvalue weighted by atomic mass is 10.3. The number of benzene rings is 1. The standard InChI is InChI=1S/C8H6BrN3O/c9-6-2-1-3-7(4-6)12-5-10-11-8(12)13/h1-5H,(H,11,13). The van der Waals surface area contributed by atoms with Gasteiger partial charge in [0.1, 0.15) is 6.33 Å². The zero-order chi connectivity index (χ0) is 9.26. The molecule has 0 bridgehead atoms. The van der Waals surface area contributed by atoms with Gasteiger partial charge in [-0.1, -0.05) is 22.0 Å². The molecular formula is C8H6BrN3O. The zero-order valence-electron chi connectivity index (χ0n) is 6.57. The van der Waals surface area contributed by atoms with Crippen molar-refractivity contribution in [2.45, 2.75) is 0 Å².